The number of carbonyl (C=O) groups excluding carboxylic acids is 1. The van der Waals surface area contributed by atoms with Crippen molar-refractivity contribution in [2.24, 2.45) is 0 Å². The molecule has 4 heteroatoms. The second-order valence-electron chi connectivity index (χ2n) is 4.43. The summed E-state index contributed by atoms with van der Waals surface area (Å²) in [5.41, 5.74) is 0. The molecule has 0 saturated carbocycles. The van der Waals surface area contributed by atoms with Crippen LogP contribution in [0.1, 0.15) is 19.3 Å². The van der Waals surface area contributed by atoms with Crippen LogP contribution in [0, 0.1) is 0 Å². The van der Waals surface area contributed by atoms with Gasteiger partial charge in [-0.1, -0.05) is 0 Å². The lowest BCUT2D eigenvalue weighted by molar-refractivity contribution is -0.127. The van der Waals surface area contributed by atoms with Crippen molar-refractivity contribution in [3.63, 3.8) is 0 Å². The average Bonchev–Trinajstić information content (AvgIpc) is 2.53. The Bertz CT molecular complexity index is 212. The first-order chi connectivity index (χ1) is 7.36. The van der Waals surface area contributed by atoms with E-state index in [4.69, 9.17) is 0 Å². The van der Waals surface area contributed by atoms with Crippen LogP contribution >= 0.6 is 0 Å². The Morgan fingerprint density at radius 3 is 2.80 bits per heavy atom. The van der Waals surface area contributed by atoms with Gasteiger partial charge in [0.15, 0.2) is 0 Å². The van der Waals surface area contributed by atoms with Crippen LogP contribution in [0.15, 0.2) is 0 Å². The third kappa shape index (κ3) is 3.18. The zero-order valence-corrected chi connectivity index (χ0v) is 9.37. The van der Waals surface area contributed by atoms with Gasteiger partial charge in [0.2, 0.25) is 5.91 Å². The van der Waals surface area contributed by atoms with Gasteiger partial charge in [-0.3, -0.25) is 4.79 Å². The lowest BCUT2D eigenvalue weighted by atomic mass is 10.4. The molecule has 0 unspecified atom stereocenters. The Morgan fingerprint density at radius 1 is 1.07 bits per heavy atom. The largest absolute Gasteiger partial charge is 0.341 e. The molecule has 0 spiro atoms. The molecule has 2 aliphatic heterocycles. The van der Waals surface area contributed by atoms with E-state index in [0.717, 1.165) is 52.1 Å². The summed E-state index contributed by atoms with van der Waals surface area (Å²) in [6.45, 7) is 7.49. The lowest BCUT2D eigenvalue weighted by Gasteiger charge is -2.23. The second-order valence-corrected chi connectivity index (χ2v) is 4.43. The number of nitrogens with zero attached hydrogens (tertiary/aromatic N) is 2. The molecule has 1 amide bonds. The van der Waals surface area contributed by atoms with Crippen LogP contribution in [0.25, 0.3) is 0 Å². The Balaban J connectivity index is 1.69. The summed E-state index contributed by atoms with van der Waals surface area (Å²) in [6.07, 6.45) is 3.05. The van der Waals surface area contributed by atoms with Crippen LogP contribution in [0.4, 0.5) is 0 Å². The maximum Gasteiger partial charge on any atom is 0.222 e. The Morgan fingerprint density at radius 2 is 2.00 bits per heavy atom. The van der Waals surface area contributed by atoms with Gasteiger partial charge in [0, 0.05) is 39.1 Å². The molecule has 0 atom stereocenters. The standard InChI is InChI=1S/C11H21N3O/c15-11-3-1-7-14(11)10-9-13-6-2-4-12-5-8-13/h12H,1-10H2. The molecule has 0 bridgehead atoms. The highest BCUT2D eigenvalue weighted by molar-refractivity contribution is 5.78. The monoisotopic (exact) mass is 211 g/mol. The fraction of sp³-hybridized carbons (Fsp3) is 0.909. The maximum absolute atomic E-state index is 11.4. The molecule has 86 valence electrons. The van der Waals surface area contributed by atoms with Gasteiger partial charge in [-0.15, -0.1) is 0 Å². The molecular formula is C11H21N3O. The predicted molar refractivity (Wildman–Crippen MR) is 59.7 cm³/mol. The van der Waals surface area contributed by atoms with Gasteiger partial charge < -0.3 is 15.1 Å². The summed E-state index contributed by atoms with van der Waals surface area (Å²) >= 11 is 0. The average molecular weight is 211 g/mol. The number of rotatable bonds is 3. The minimum atomic E-state index is 0.350. The van der Waals surface area contributed by atoms with E-state index in [2.05, 4.69) is 10.2 Å². The van der Waals surface area contributed by atoms with Crippen molar-refractivity contribution in [1.29, 1.82) is 0 Å². The lowest BCUT2D eigenvalue weighted by Crippen LogP contribution is -2.37. The fourth-order valence-corrected chi connectivity index (χ4v) is 2.33. The van der Waals surface area contributed by atoms with Crippen LogP contribution < -0.4 is 5.32 Å². The van der Waals surface area contributed by atoms with E-state index >= 15 is 0 Å². The summed E-state index contributed by atoms with van der Waals surface area (Å²) in [7, 11) is 0. The zero-order chi connectivity index (χ0) is 10.5. The highest BCUT2D eigenvalue weighted by Crippen LogP contribution is 2.09. The van der Waals surface area contributed by atoms with E-state index in [1.807, 2.05) is 4.90 Å². The van der Waals surface area contributed by atoms with Crippen molar-refractivity contribution in [1.82, 2.24) is 15.1 Å². The minimum absolute atomic E-state index is 0.350. The quantitative estimate of drug-likeness (QED) is 0.708. The van der Waals surface area contributed by atoms with Crippen LogP contribution in [0.3, 0.4) is 0 Å². The highest BCUT2D eigenvalue weighted by atomic mass is 16.2. The van der Waals surface area contributed by atoms with E-state index in [0.29, 0.717) is 5.91 Å². The van der Waals surface area contributed by atoms with Crippen LogP contribution in [-0.4, -0.2) is 61.5 Å². The van der Waals surface area contributed by atoms with E-state index < -0.39 is 0 Å². The van der Waals surface area contributed by atoms with Crippen molar-refractivity contribution in [2.75, 3.05) is 45.8 Å². The minimum Gasteiger partial charge on any atom is -0.341 e. The van der Waals surface area contributed by atoms with Crippen molar-refractivity contribution < 1.29 is 4.79 Å². The molecule has 0 aliphatic carbocycles. The van der Waals surface area contributed by atoms with E-state index in [1.54, 1.807) is 0 Å². The molecule has 1 N–H and O–H groups in total. The Labute approximate surface area is 91.6 Å². The number of hydrogen-bond acceptors (Lipinski definition) is 3. The molecule has 2 rings (SSSR count). The second kappa shape index (κ2) is 5.47. The maximum atomic E-state index is 11.4. The molecular weight excluding hydrogens is 190 g/mol. The van der Waals surface area contributed by atoms with Crippen LogP contribution in [0.2, 0.25) is 0 Å². The van der Waals surface area contributed by atoms with Gasteiger partial charge in [-0.05, 0) is 25.9 Å². The Kier molecular flexibility index (Phi) is 3.97. The normalized spacial score (nSPS) is 24.5. The molecule has 2 aliphatic rings. The number of nitrogens with one attached hydrogen (secondary N) is 1. The zero-order valence-electron chi connectivity index (χ0n) is 9.37. The van der Waals surface area contributed by atoms with Crippen molar-refractivity contribution in [3.05, 3.63) is 0 Å². The van der Waals surface area contributed by atoms with Crippen molar-refractivity contribution in [2.45, 2.75) is 19.3 Å². The number of likely N-dealkylation sites (tertiary alicyclic amines) is 1. The van der Waals surface area contributed by atoms with Crippen molar-refractivity contribution >= 4 is 5.91 Å². The molecule has 0 aromatic heterocycles. The van der Waals surface area contributed by atoms with E-state index in [-0.39, 0.29) is 0 Å². The number of carbonyl (C=O) groups is 1. The van der Waals surface area contributed by atoms with Gasteiger partial charge in [0.25, 0.3) is 0 Å². The highest BCUT2D eigenvalue weighted by Gasteiger charge is 2.20. The molecule has 0 aromatic carbocycles. The van der Waals surface area contributed by atoms with Gasteiger partial charge in [-0.25, -0.2) is 0 Å². The summed E-state index contributed by atoms with van der Waals surface area (Å²) in [5, 5.41) is 3.39. The predicted octanol–water partition coefficient (Wildman–Crippen LogP) is -0.0959. The third-order valence-corrected chi connectivity index (χ3v) is 3.29. The van der Waals surface area contributed by atoms with Gasteiger partial charge in [0.1, 0.15) is 0 Å². The van der Waals surface area contributed by atoms with Gasteiger partial charge in [-0.2, -0.15) is 0 Å². The fourth-order valence-electron chi connectivity index (χ4n) is 2.33. The van der Waals surface area contributed by atoms with E-state index in [1.165, 1.54) is 13.0 Å². The summed E-state index contributed by atoms with van der Waals surface area (Å²) in [4.78, 5) is 15.9. The first kappa shape index (κ1) is 10.9. The molecule has 2 saturated heterocycles. The van der Waals surface area contributed by atoms with Crippen molar-refractivity contribution in [3.8, 4) is 0 Å². The summed E-state index contributed by atoms with van der Waals surface area (Å²) in [6, 6.07) is 0. The van der Waals surface area contributed by atoms with Gasteiger partial charge in [0.05, 0.1) is 0 Å². The first-order valence-electron chi connectivity index (χ1n) is 6.07. The SMILES string of the molecule is O=C1CCCN1CCN1CCCNCC1. The third-order valence-electron chi connectivity index (χ3n) is 3.29. The van der Waals surface area contributed by atoms with Crippen LogP contribution in [-0.2, 0) is 4.79 Å². The molecule has 2 fully saturated rings. The smallest absolute Gasteiger partial charge is 0.222 e. The first-order valence-corrected chi connectivity index (χ1v) is 6.07. The van der Waals surface area contributed by atoms with Gasteiger partial charge >= 0.3 is 0 Å². The number of amides is 1. The molecule has 0 aromatic rings. The summed E-state index contributed by atoms with van der Waals surface area (Å²) in [5.74, 6) is 0.350. The van der Waals surface area contributed by atoms with E-state index in [9.17, 15) is 4.79 Å². The topological polar surface area (TPSA) is 35.6 Å². The van der Waals surface area contributed by atoms with Crippen LogP contribution in [0.5, 0.6) is 0 Å². The molecule has 0 radical (unpaired) electrons. The molecule has 4 nitrogen and oxygen atoms in total. The Hall–Kier alpha value is -0.610. The summed E-state index contributed by atoms with van der Waals surface area (Å²) < 4.78 is 0. The molecule has 2 heterocycles. The number of hydrogen-bond donors (Lipinski definition) is 1. The molecule has 15 heavy (non-hydrogen) atoms.